The molecule has 208 valence electrons. The number of carbonyl (C=O) groups excluding carboxylic acids is 2. The molecule has 0 aliphatic heterocycles. The molecular weight excluding hydrogens is 478 g/mol. The average Bonchev–Trinajstić information content (AvgIpc) is 2.88. The standard InChI is InChI=1S/C17H25NO2.C15H20O3/c1-11(2)13-9-8-12(3)10-16(13)20-17(19)14-6-4-5-7-15(14)18;1-12(2)10-11-18-15(16)9-6-13-4-7-14(17-3)8-5-13/h4-7,11-13,16H,8-10,18H2,1-3H3;4-9,12H,10-11H2,1-3H3. The Balaban J connectivity index is 0.000000269. The molecule has 0 spiro atoms. The summed E-state index contributed by atoms with van der Waals surface area (Å²) in [7, 11) is 1.62. The third-order valence-corrected chi connectivity index (χ3v) is 6.87. The van der Waals surface area contributed by atoms with Crippen molar-refractivity contribution in [3.8, 4) is 5.75 Å². The Morgan fingerprint density at radius 1 is 1.03 bits per heavy atom. The maximum atomic E-state index is 12.3. The highest BCUT2D eigenvalue weighted by atomic mass is 16.5. The van der Waals surface area contributed by atoms with Gasteiger partial charge in [0.1, 0.15) is 11.9 Å². The summed E-state index contributed by atoms with van der Waals surface area (Å²) in [6.45, 7) is 11.3. The van der Waals surface area contributed by atoms with E-state index >= 15 is 0 Å². The number of hydrogen-bond donors (Lipinski definition) is 1. The van der Waals surface area contributed by atoms with E-state index in [1.165, 1.54) is 12.5 Å². The first-order chi connectivity index (χ1) is 18.1. The zero-order chi connectivity index (χ0) is 28.1. The van der Waals surface area contributed by atoms with E-state index in [9.17, 15) is 9.59 Å². The Hall–Kier alpha value is -3.28. The first-order valence-electron chi connectivity index (χ1n) is 13.6. The Kier molecular flexibility index (Phi) is 12.9. The summed E-state index contributed by atoms with van der Waals surface area (Å²) in [6, 6.07) is 14.6. The molecular formula is C32H45NO5. The lowest BCUT2D eigenvalue weighted by Crippen LogP contribution is -2.36. The molecule has 2 aromatic rings. The lowest BCUT2D eigenvalue weighted by atomic mass is 9.75. The number of para-hydroxylation sites is 1. The number of carbonyl (C=O) groups is 2. The third kappa shape index (κ3) is 10.6. The predicted molar refractivity (Wildman–Crippen MR) is 154 cm³/mol. The van der Waals surface area contributed by atoms with Crippen molar-refractivity contribution in [3.05, 3.63) is 65.7 Å². The predicted octanol–water partition coefficient (Wildman–Crippen LogP) is 7.18. The highest BCUT2D eigenvalue weighted by molar-refractivity contribution is 5.95. The number of hydrogen-bond acceptors (Lipinski definition) is 6. The van der Waals surface area contributed by atoms with Crippen LogP contribution in [0.15, 0.2) is 54.6 Å². The van der Waals surface area contributed by atoms with Crippen molar-refractivity contribution in [3.63, 3.8) is 0 Å². The van der Waals surface area contributed by atoms with Crippen LogP contribution in [0.1, 0.15) is 76.2 Å². The van der Waals surface area contributed by atoms with Crippen molar-refractivity contribution in [1.82, 2.24) is 0 Å². The summed E-state index contributed by atoms with van der Waals surface area (Å²) in [5, 5.41) is 0. The highest BCUT2D eigenvalue weighted by Crippen LogP contribution is 2.36. The van der Waals surface area contributed by atoms with Crippen LogP contribution < -0.4 is 10.5 Å². The second-order valence-corrected chi connectivity index (χ2v) is 10.8. The largest absolute Gasteiger partial charge is 0.497 e. The molecule has 2 N–H and O–H groups in total. The van der Waals surface area contributed by atoms with E-state index in [1.807, 2.05) is 36.4 Å². The summed E-state index contributed by atoms with van der Waals surface area (Å²) < 4.78 is 15.9. The molecule has 0 aromatic heterocycles. The van der Waals surface area contributed by atoms with Gasteiger partial charge in [0.15, 0.2) is 0 Å². The molecule has 0 radical (unpaired) electrons. The van der Waals surface area contributed by atoms with E-state index in [4.69, 9.17) is 19.9 Å². The van der Waals surface area contributed by atoms with Gasteiger partial charge in [-0.2, -0.15) is 0 Å². The van der Waals surface area contributed by atoms with Gasteiger partial charge in [-0.05, 0) is 78.8 Å². The first-order valence-corrected chi connectivity index (χ1v) is 13.6. The maximum Gasteiger partial charge on any atom is 0.340 e. The van der Waals surface area contributed by atoms with Gasteiger partial charge in [0.2, 0.25) is 0 Å². The van der Waals surface area contributed by atoms with Gasteiger partial charge in [0, 0.05) is 11.8 Å². The molecule has 3 rings (SSSR count). The lowest BCUT2D eigenvalue weighted by Gasteiger charge is -2.36. The zero-order valence-electron chi connectivity index (χ0n) is 23.8. The van der Waals surface area contributed by atoms with Crippen molar-refractivity contribution >= 4 is 23.7 Å². The van der Waals surface area contributed by atoms with Crippen LogP contribution in [0, 0.1) is 23.7 Å². The fourth-order valence-electron chi connectivity index (χ4n) is 4.46. The van der Waals surface area contributed by atoms with E-state index in [1.54, 1.807) is 25.3 Å². The van der Waals surface area contributed by atoms with Crippen LogP contribution in [-0.4, -0.2) is 31.8 Å². The van der Waals surface area contributed by atoms with E-state index in [0.717, 1.165) is 30.6 Å². The second-order valence-electron chi connectivity index (χ2n) is 10.8. The highest BCUT2D eigenvalue weighted by Gasteiger charge is 2.33. The van der Waals surface area contributed by atoms with E-state index in [0.29, 0.717) is 41.5 Å². The Labute approximate surface area is 228 Å². The van der Waals surface area contributed by atoms with Crippen molar-refractivity contribution in [2.24, 2.45) is 23.7 Å². The molecule has 2 aromatic carbocycles. The molecule has 38 heavy (non-hydrogen) atoms. The van der Waals surface area contributed by atoms with Gasteiger partial charge >= 0.3 is 11.9 Å². The van der Waals surface area contributed by atoms with Gasteiger partial charge in [0.05, 0.1) is 19.3 Å². The molecule has 1 fully saturated rings. The molecule has 0 bridgehead atoms. The van der Waals surface area contributed by atoms with E-state index < -0.39 is 0 Å². The summed E-state index contributed by atoms with van der Waals surface area (Å²) >= 11 is 0. The van der Waals surface area contributed by atoms with Crippen LogP contribution in [0.3, 0.4) is 0 Å². The fourth-order valence-corrected chi connectivity index (χ4v) is 4.46. The van der Waals surface area contributed by atoms with Crippen LogP contribution in [0.25, 0.3) is 6.08 Å². The summed E-state index contributed by atoms with van der Waals surface area (Å²) in [6.07, 6.45) is 7.42. The van der Waals surface area contributed by atoms with E-state index in [2.05, 4.69) is 34.6 Å². The van der Waals surface area contributed by atoms with Gasteiger partial charge in [-0.3, -0.25) is 0 Å². The minimum Gasteiger partial charge on any atom is -0.497 e. The monoisotopic (exact) mass is 523 g/mol. The molecule has 3 unspecified atom stereocenters. The first kappa shape index (κ1) is 30.9. The van der Waals surface area contributed by atoms with Crippen molar-refractivity contribution in [2.45, 2.75) is 66.4 Å². The van der Waals surface area contributed by atoms with Crippen molar-refractivity contribution in [1.29, 1.82) is 0 Å². The molecule has 1 aliphatic carbocycles. The van der Waals surface area contributed by atoms with Crippen LogP contribution >= 0.6 is 0 Å². The number of nitrogen functional groups attached to an aromatic ring is 1. The number of methoxy groups -OCH3 is 1. The average molecular weight is 524 g/mol. The molecule has 6 heteroatoms. The third-order valence-electron chi connectivity index (χ3n) is 6.87. The topological polar surface area (TPSA) is 87.9 Å². The quantitative estimate of drug-likeness (QED) is 0.213. The number of benzene rings is 2. The fraction of sp³-hybridized carbons (Fsp3) is 0.500. The molecule has 3 atom stereocenters. The molecule has 1 saturated carbocycles. The minimum atomic E-state index is -0.300. The summed E-state index contributed by atoms with van der Waals surface area (Å²) in [5.74, 6) is 2.37. The Bertz CT molecular complexity index is 1030. The smallest absolute Gasteiger partial charge is 0.340 e. The summed E-state index contributed by atoms with van der Waals surface area (Å²) in [4.78, 5) is 23.7. The van der Waals surface area contributed by atoms with E-state index in [-0.39, 0.29) is 18.0 Å². The number of nitrogens with two attached hydrogens (primary N) is 1. The van der Waals surface area contributed by atoms with Crippen molar-refractivity contribution in [2.75, 3.05) is 19.5 Å². The number of ether oxygens (including phenoxy) is 3. The number of rotatable bonds is 9. The Morgan fingerprint density at radius 3 is 2.32 bits per heavy atom. The molecule has 0 heterocycles. The lowest BCUT2D eigenvalue weighted by molar-refractivity contribution is -0.137. The van der Waals surface area contributed by atoms with Gasteiger partial charge in [0.25, 0.3) is 0 Å². The normalized spacial score (nSPS) is 19.1. The minimum absolute atomic E-state index is 0.0193. The zero-order valence-corrected chi connectivity index (χ0v) is 23.8. The molecule has 6 nitrogen and oxygen atoms in total. The van der Waals surface area contributed by atoms with Gasteiger partial charge < -0.3 is 19.9 Å². The SMILES string of the molecule is CC1CCC(C(C)C)C(OC(=O)c2ccccc2N)C1.COc1ccc(C=CC(=O)OCCC(C)C)cc1. The second kappa shape index (κ2) is 15.9. The Morgan fingerprint density at radius 2 is 1.71 bits per heavy atom. The van der Waals surface area contributed by atoms with Crippen molar-refractivity contribution < 1.29 is 23.8 Å². The number of esters is 2. The van der Waals surface area contributed by atoms with Crippen LogP contribution in [0.4, 0.5) is 5.69 Å². The number of anilines is 1. The van der Waals surface area contributed by atoms with Crippen LogP contribution in [0.2, 0.25) is 0 Å². The molecule has 0 amide bonds. The summed E-state index contributed by atoms with van der Waals surface area (Å²) in [5.41, 5.74) is 7.76. The molecule has 0 saturated heterocycles. The van der Waals surface area contributed by atoms with Crippen LogP contribution in [-0.2, 0) is 14.3 Å². The molecule has 1 aliphatic rings. The van der Waals surface area contributed by atoms with Gasteiger partial charge in [-0.25, -0.2) is 9.59 Å². The maximum absolute atomic E-state index is 12.3. The van der Waals surface area contributed by atoms with Gasteiger partial charge in [-0.1, -0.05) is 65.3 Å². The van der Waals surface area contributed by atoms with Gasteiger partial charge in [-0.15, -0.1) is 0 Å². The van der Waals surface area contributed by atoms with Crippen LogP contribution in [0.5, 0.6) is 5.75 Å².